The summed E-state index contributed by atoms with van der Waals surface area (Å²) in [6, 6.07) is 14.9. The van der Waals surface area contributed by atoms with E-state index in [1.54, 1.807) is 4.90 Å². The van der Waals surface area contributed by atoms with Crippen LogP contribution in [0.25, 0.3) is 32.8 Å². The fourth-order valence-electron chi connectivity index (χ4n) is 10.1. The van der Waals surface area contributed by atoms with Crippen molar-refractivity contribution in [2.75, 3.05) is 27.4 Å². The number of nitrogens with one attached hydrogen (secondary N) is 4. The van der Waals surface area contributed by atoms with Crippen molar-refractivity contribution < 1.29 is 33.4 Å². The van der Waals surface area contributed by atoms with E-state index in [-0.39, 0.29) is 47.7 Å². The molecule has 5 aliphatic rings. The second kappa shape index (κ2) is 16.0. The van der Waals surface area contributed by atoms with Crippen molar-refractivity contribution in [1.29, 1.82) is 0 Å². The second-order valence-corrected chi connectivity index (χ2v) is 17.9. The number of fused-ring (bicyclic) bond motifs is 6. The normalized spacial score (nSPS) is 24.9. The zero-order valence-corrected chi connectivity index (χ0v) is 35.4. The highest BCUT2D eigenvalue weighted by molar-refractivity contribution is 6.04. The Balaban J connectivity index is 0.845. The molecule has 4 N–H and O–H groups in total. The van der Waals surface area contributed by atoms with E-state index in [0.717, 1.165) is 76.3 Å². The fraction of sp³-hybridized carbons (Fsp3) is 0.489. The number of aromatic nitrogens is 4. The zero-order valence-electron chi connectivity index (χ0n) is 35.4. The Kier molecular flexibility index (Phi) is 10.3. The van der Waals surface area contributed by atoms with Gasteiger partial charge in [0, 0.05) is 36.6 Å². The Morgan fingerprint density at radius 1 is 0.806 bits per heavy atom. The van der Waals surface area contributed by atoms with E-state index >= 15 is 0 Å². The molecule has 2 aromatic heterocycles. The lowest BCUT2D eigenvalue weighted by Gasteiger charge is -2.35. The van der Waals surface area contributed by atoms with E-state index in [9.17, 15) is 19.2 Å². The van der Waals surface area contributed by atoms with Crippen LogP contribution in [-0.2, 0) is 36.6 Å². The minimum atomic E-state index is -0.745. The average molecular weight is 841 g/mol. The first-order valence-corrected chi connectivity index (χ1v) is 21.9. The number of methoxy groups -OCH3 is 2. The molecule has 10 rings (SSSR count). The zero-order chi connectivity index (χ0) is 42.8. The van der Waals surface area contributed by atoms with Crippen molar-refractivity contribution in [2.24, 2.45) is 23.7 Å². The van der Waals surface area contributed by atoms with Crippen molar-refractivity contribution in [3.8, 4) is 11.8 Å². The van der Waals surface area contributed by atoms with Gasteiger partial charge in [-0.05, 0) is 97.4 Å². The molecule has 15 heteroatoms. The molecule has 2 saturated heterocycles. The number of aryl methyl sites for hydroxylation is 2. The quantitative estimate of drug-likeness (QED) is 0.119. The summed E-state index contributed by atoms with van der Waals surface area (Å²) < 4.78 is 15.3. The number of likely N-dealkylation sites (tertiary alicyclic amines) is 1. The van der Waals surface area contributed by atoms with Gasteiger partial charge in [-0.2, -0.15) is 0 Å². The highest BCUT2D eigenvalue weighted by Crippen LogP contribution is 2.54. The lowest BCUT2D eigenvalue weighted by molar-refractivity contribution is -0.138. The van der Waals surface area contributed by atoms with Crippen LogP contribution in [0, 0.1) is 35.5 Å². The molecular weight excluding hydrogens is 789 g/mol. The smallest absolute Gasteiger partial charge is 0.407 e. The summed E-state index contributed by atoms with van der Waals surface area (Å²) in [4.78, 5) is 73.7. The van der Waals surface area contributed by atoms with E-state index in [1.165, 1.54) is 19.8 Å². The molecule has 4 amide bonds. The molecule has 0 spiro atoms. The first-order chi connectivity index (χ1) is 30.1. The molecule has 8 atom stereocenters. The molecule has 2 saturated carbocycles. The number of imidazole rings is 2. The van der Waals surface area contributed by atoms with Crippen molar-refractivity contribution in [1.82, 2.24) is 40.4 Å². The maximum Gasteiger partial charge on any atom is 0.407 e. The Morgan fingerprint density at radius 2 is 1.55 bits per heavy atom. The summed E-state index contributed by atoms with van der Waals surface area (Å²) in [5, 5.41) is 7.74. The minimum Gasteiger partial charge on any atom is -0.453 e. The first-order valence-electron chi connectivity index (χ1n) is 21.9. The number of aromatic amines is 2. The number of hydrogen-bond donors (Lipinski definition) is 4. The van der Waals surface area contributed by atoms with Gasteiger partial charge in [-0.3, -0.25) is 9.59 Å². The standard InChI is InChI=1S/C47H52N8O7/c1-24(2)39(52-46(58)60-3)44(56)54-35(14-10-29-21-36(29)54)42-48-32-12-8-26(20-34(32)50-42)6-5-25-7-11-31-28(19-25)9-13-33-41(31)51-43(49-33)38-23-30-22-37(30)55(38)45(57)40(53-47(59)61-4)27-15-17-62-18-16-27/h7-9,11-13,19-20,24,27,29-30,35-40H,5-6,15-18,21-23H2,1-4H3,(H,48,50)(H,49,51)(H,52,58)(H,53,59). The SMILES string of the molecule is COC(=O)NC(C(=O)N1C(c2nc3ccc(CCc4ccc5c(ccc6[nH]c(C7CC8CC8N7C(=O)C(NC(=O)OC)C7CCOCC7)nc65)c4)cc3[nH]2)C#CC2CC21)C(C)C. The van der Waals surface area contributed by atoms with E-state index in [0.29, 0.717) is 37.8 Å². The van der Waals surface area contributed by atoms with Crippen LogP contribution in [-0.4, -0.2) is 105 Å². The third-order valence-corrected chi connectivity index (χ3v) is 13.7. The number of piperidine rings is 1. The van der Waals surface area contributed by atoms with Crippen LogP contribution in [0.2, 0.25) is 0 Å². The lowest BCUT2D eigenvalue weighted by Crippen LogP contribution is -2.54. The van der Waals surface area contributed by atoms with Crippen LogP contribution in [0.1, 0.15) is 80.8 Å². The molecule has 15 nitrogen and oxygen atoms in total. The molecule has 4 fully saturated rings. The third-order valence-electron chi connectivity index (χ3n) is 13.7. The Morgan fingerprint density at radius 3 is 2.32 bits per heavy atom. The van der Waals surface area contributed by atoms with Crippen LogP contribution in [0.4, 0.5) is 9.59 Å². The van der Waals surface area contributed by atoms with Crippen LogP contribution in [0.5, 0.6) is 0 Å². The monoisotopic (exact) mass is 840 g/mol. The summed E-state index contributed by atoms with van der Waals surface area (Å²) in [7, 11) is 2.61. The van der Waals surface area contributed by atoms with Gasteiger partial charge in [0.1, 0.15) is 23.7 Å². The van der Waals surface area contributed by atoms with E-state index in [1.807, 2.05) is 24.8 Å². The molecule has 62 heavy (non-hydrogen) atoms. The van der Waals surface area contributed by atoms with Crippen molar-refractivity contribution >= 4 is 56.8 Å². The number of benzene rings is 3. The largest absolute Gasteiger partial charge is 0.453 e. The van der Waals surface area contributed by atoms with Gasteiger partial charge in [0.15, 0.2) is 6.04 Å². The van der Waals surface area contributed by atoms with Crippen LogP contribution < -0.4 is 10.6 Å². The number of rotatable bonds is 11. The molecule has 8 unspecified atom stereocenters. The van der Waals surface area contributed by atoms with Gasteiger partial charge in [0.05, 0.1) is 42.3 Å². The van der Waals surface area contributed by atoms with Gasteiger partial charge < -0.3 is 44.6 Å². The molecule has 3 aliphatic heterocycles. The summed E-state index contributed by atoms with van der Waals surface area (Å²) >= 11 is 0. The summed E-state index contributed by atoms with van der Waals surface area (Å²) in [6.45, 7) is 4.93. The second-order valence-electron chi connectivity index (χ2n) is 17.9. The van der Waals surface area contributed by atoms with Crippen molar-refractivity contribution in [3.63, 3.8) is 0 Å². The van der Waals surface area contributed by atoms with Crippen molar-refractivity contribution in [2.45, 2.75) is 95.0 Å². The highest BCUT2D eigenvalue weighted by atomic mass is 16.5. The Bertz CT molecular complexity index is 2660. The summed E-state index contributed by atoms with van der Waals surface area (Å²) in [6.07, 6.45) is 4.42. The molecule has 0 bridgehead atoms. The maximum absolute atomic E-state index is 14.3. The molecule has 2 aliphatic carbocycles. The van der Waals surface area contributed by atoms with Gasteiger partial charge >= 0.3 is 12.2 Å². The third kappa shape index (κ3) is 7.37. The van der Waals surface area contributed by atoms with Crippen molar-refractivity contribution in [3.05, 3.63) is 71.3 Å². The van der Waals surface area contributed by atoms with Crippen LogP contribution in [0.15, 0.2) is 48.5 Å². The number of nitrogens with zero attached hydrogens (tertiary/aromatic N) is 4. The minimum absolute atomic E-state index is 0.0105. The number of carbonyl (C=O) groups excluding carboxylic acids is 4. The van der Waals surface area contributed by atoms with Gasteiger partial charge in [0.25, 0.3) is 0 Å². The van der Waals surface area contributed by atoms with Gasteiger partial charge in [-0.15, -0.1) is 0 Å². The molecule has 322 valence electrons. The maximum atomic E-state index is 14.3. The molecule has 5 aromatic rings. The Hall–Kier alpha value is -6.14. The van der Waals surface area contributed by atoms with Gasteiger partial charge in [0.2, 0.25) is 11.8 Å². The fourth-order valence-corrected chi connectivity index (χ4v) is 10.1. The summed E-state index contributed by atoms with van der Waals surface area (Å²) in [5.74, 6) is 8.14. The number of ether oxygens (including phenoxy) is 3. The number of hydrogen-bond acceptors (Lipinski definition) is 9. The lowest BCUT2D eigenvalue weighted by atomic mass is 9.90. The first kappa shape index (κ1) is 40.0. The average Bonchev–Trinajstić information content (AvgIpc) is 4.09. The summed E-state index contributed by atoms with van der Waals surface area (Å²) in [5.41, 5.74) is 5.85. The molecular formula is C47H52N8O7. The predicted molar refractivity (Wildman–Crippen MR) is 229 cm³/mol. The number of carbonyl (C=O) groups is 4. The van der Waals surface area contributed by atoms with Gasteiger partial charge in [-0.1, -0.05) is 56.0 Å². The number of H-pyrrole nitrogens is 2. The Labute approximate surface area is 359 Å². The van der Waals surface area contributed by atoms with E-state index < -0.39 is 30.3 Å². The topological polar surface area (TPSA) is 184 Å². The number of alkyl carbamates (subject to hydrolysis) is 2. The molecule has 5 heterocycles. The van der Waals surface area contributed by atoms with E-state index in [2.05, 4.69) is 74.9 Å². The predicted octanol–water partition coefficient (Wildman–Crippen LogP) is 5.85. The van der Waals surface area contributed by atoms with E-state index in [4.69, 9.17) is 24.2 Å². The highest BCUT2D eigenvalue weighted by Gasteiger charge is 2.57. The number of amides is 4. The van der Waals surface area contributed by atoms with Crippen LogP contribution in [0.3, 0.4) is 0 Å². The van der Waals surface area contributed by atoms with Gasteiger partial charge in [-0.25, -0.2) is 19.6 Å². The van der Waals surface area contributed by atoms with Crippen LogP contribution >= 0.6 is 0 Å². The molecule has 0 radical (unpaired) electrons. The molecule has 3 aromatic carbocycles.